The maximum Gasteiger partial charge on any atom is 0.416 e. The van der Waals surface area contributed by atoms with E-state index in [0.717, 1.165) is 18.3 Å². The highest BCUT2D eigenvalue weighted by Gasteiger charge is 2.48. The van der Waals surface area contributed by atoms with E-state index in [2.05, 4.69) is 4.98 Å². The largest absolute Gasteiger partial charge is 0.416 e. The van der Waals surface area contributed by atoms with E-state index in [1.54, 1.807) is 0 Å². The average Bonchev–Trinajstić information content (AvgIpc) is 2.66. The topological polar surface area (TPSA) is 64.1 Å². The summed E-state index contributed by atoms with van der Waals surface area (Å²) in [7, 11) is -3.16. The number of alkyl halides is 3. The highest BCUT2D eigenvalue weighted by molar-refractivity contribution is 7.93. The maximum absolute atomic E-state index is 12.7. The minimum Gasteiger partial charge on any atom is -0.292 e. The van der Waals surface area contributed by atoms with Crippen LogP contribution >= 0.6 is 0 Å². The molecule has 4 nitrogen and oxygen atoms in total. The molecule has 2 aliphatic rings. The number of nitrogens with zero attached hydrogens (tertiary/aromatic N) is 1. The second kappa shape index (κ2) is 5.04. The molecule has 2 bridgehead atoms. The number of rotatable bonds is 2. The molecule has 0 spiro atoms. The Labute approximate surface area is 125 Å². The van der Waals surface area contributed by atoms with E-state index in [-0.39, 0.29) is 18.5 Å². The summed E-state index contributed by atoms with van der Waals surface area (Å²) in [5, 5.41) is -1.07. The minimum absolute atomic E-state index is 0.190. The number of fused-ring (bicyclic) bond motifs is 2. The highest BCUT2D eigenvalue weighted by Crippen LogP contribution is 2.42. The van der Waals surface area contributed by atoms with Crippen LogP contribution in [0.5, 0.6) is 0 Å². The van der Waals surface area contributed by atoms with Gasteiger partial charge >= 0.3 is 6.18 Å². The minimum atomic E-state index is -4.53. The number of hydrogen-bond donors (Lipinski definition) is 0. The van der Waals surface area contributed by atoms with Crippen molar-refractivity contribution in [3.05, 3.63) is 29.6 Å². The van der Waals surface area contributed by atoms with E-state index in [1.165, 1.54) is 0 Å². The van der Waals surface area contributed by atoms with Gasteiger partial charge in [-0.2, -0.15) is 13.2 Å². The summed E-state index contributed by atoms with van der Waals surface area (Å²) in [6.45, 7) is 0. The molecule has 0 amide bonds. The van der Waals surface area contributed by atoms with E-state index in [4.69, 9.17) is 0 Å². The molecule has 22 heavy (non-hydrogen) atoms. The molecule has 1 aromatic rings. The van der Waals surface area contributed by atoms with Crippen LogP contribution < -0.4 is 0 Å². The fourth-order valence-corrected chi connectivity index (χ4v) is 5.85. The number of carbonyl (C=O) groups is 1. The number of halogens is 3. The molecule has 8 heteroatoms. The van der Waals surface area contributed by atoms with E-state index in [9.17, 15) is 26.4 Å². The van der Waals surface area contributed by atoms with Crippen LogP contribution in [0.15, 0.2) is 18.3 Å². The zero-order chi connectivity index (χ0) is 16.1. The van der Waals surface area contributed by atoms with Gasteiger partial charge in [0.05, 0.1) is 16.1 Å². The van der Waals surface area contributed by atoms with Gasteiger partial charge in [0.2, 0.25) is 0 Å². The lowest BCUT2D eigenvalue weighted by molar-refractivity contribution is -0.137. The van der Waals surface area contributed by atoms with Crippen LogP contribution in [0, 0.1) is 5.92 Å². The molecule has 0 aromatic carbocycles. The van der Waals surface area contributed by atoms with Crippen LogP contribution in [-0.4, -0.2) is 29.7 Å². The lowest BCUT2D eigenvalue weighted by Crippen LogP contribution is -2.36. The van der Waals surface area contributed by atoms with Gasteiger partial charge < -0.3 is 0 Å². The Hall–Kier alpha value is -1.44. The number of carbonyl (C=O) groups excluding carboxylic acids is 1. The summed E-state index contributed by atoms with van der Waals surface area (Å²) in [5.74, 6) is -1.05. The molecule has 3 heterocycles. The Balaban J connectivity index is 1.84. The Morgan fingerprint density at radius 1 is 1.18 bits per heavy atom. The molecule has 0 radical (unpaired) electrons. The molecule has 2 unspecified atom stereocenters. The predicted molar refractivity (Wildman–Crippen MR) is 72.0 cm³/mol. The van der Waals surface area contributed by atoms with Crippen molar-refractivity contribution in [1.29, 1.82) is 0 Å². The number of hydrogen-bond acceptors (Lipinski definition) is 4. The van der Waals surface area contributed by atoms with Crippen LogP contribution in [0.3, 0.4) is 0 Å². The van der Waals surface area contributed by atoms with Crippen molar-refractivity contribution in [2.75, 3.05) is 0 Å². The van der Waals surface area contributed by atoms with Gasteiger partial charge in [-0.1, -0.05) is 0 Å². The van der Waals surface area contributed by atoms with Crippen molar-refractivity contribution in [2.24, 2.45) is 5.92 Å². The first-order valence-electron chi connectivity index (χ1n) is 7.00. The van der Waals surface area contributed by atoms with Crippen LogP contribution in [0.1, 0.15) is 41.7 Å². The monoisotopic (exact) mass is 333 g/mol. The molecule has 120 valence electrons. The summed E-state index contributed by atoms with van der Waals surface area (Å²) in [6, 6.07) is 1.55. The second-order valence-electron chi connectivity index (χ2n) is 5.87. The molecule has 2 aliphatic heterocycles. The van der Waals surface area contributed by atoms with Crippen molar-refractivity contribution in [3.63, 3.8) is 0 Å². The molecule has 2 saturated heterocycles. The van der Waals surface area contributed by atoms with Crippen molar-refractivity contribution >= 4 is 15.6 Å². The first kappa shape index (κ1) is 15.5. The number of sulfone groups is 1. The molecular weight excluding hydrogens is 319 g/mol. The van der Waals surface area contributed by atoms with Crippen LogP contribution in [-0.2, 0) is 16.0 Å². The third kappa shape index (κ3) is 2.53. The van der Waals surface area contributed by atoms with E-state index in [1.807, 2.05) is 0 Å². The van der Waals surface area contributed by atoms with Gasteiger partial charge in [-0.25, -0.2) is 8.42 Å². The molecular formula is C14H14F3NO3S. The van der Waals surface area contributed by atoms with Crippen molar-refractivity contribution < 1.29 is 26.4 Å². The normalized spacial score (nSPS) is 30.2. The van der Waals surface area contributed by atoms with Crippen LogP contribution in [0.25, 0.3) is 0 Å². The number of pyridine rings is 1. The summed E-state index contributed by atoms with van der Waals surface area (Å²) < 4.78 is 62.1. The third-order valence-corrected chi connectivity index (χ3v) is 7.26. The summed E-state index contributed by atoms with van der Waals surface area (Å²) in [5.41, 5.74) is -1.16. The molecule has 0 saturated carbocycles. The van der Waals surface area contributed by atoms with E-state index >= 15 is 0 Å². The quantitative estimate of drug-likeness (QED) is 0.781. The van der Waals surface area contributed by atoms with Crippen molar-refractivity contribution in [2.45, 2.75) is 42.4 Å². The molecule has 2 fully saturated rings. The van der Waals surface area contributed by atoms with Gasteiger partial charge in [0.1, 0.15) is 5.69 Å². The second-order valence-corrected chi connectivity index (χ2v) is 8.38. The van der Waals surface area contributed by atoms with Gasteiger partial charge in [-0.3, -0.25) is 9.78 Å². The number of ketones is 1. The lowest BCUT2D eigenvalue weighted by Gasteiger charge is -2.26. The Kier molecular flexibility index (Phi) is 3.54. The van der Waals surface area contributed by atoms with Crippen molar-refractivity contribution in [3.8, 4) is 0 Å². The van der Waals surface area contributed by atoms with Gasteiger partial charge in [0.25, 0.3) is 0 Å². The zero-order valence-corrected chi connectivity index (χ0v) is 12.3. The average molecular weight is 333 g/mol. The summed E-state index contributed by atoms with van der Waals surface area (Å²) in [4.78, 5) is 16.1. The summed E-state index contributed by atoms with van der Waals surface area (Å²) >= 11 is 0. The Morgan fingerprint density at radius 3 is 2.32 bits per heavy atom. The van der Waals surface area contributed by atoms with Crippen LogP contribution in [0.2, 0.25) is 0 Å². The Bertz CT molecular complexity index is 694. The first-order chi connectivity index (χ1) is 10.2. The summed E-state index contributed by atoms with van der Waals surface area (Å²) in [6.07, 6.45) is -2.12. The first-order valence-corrected chi connectivity index (χ1v) is 8.60. The van der Waals surface area contributed by atoms with Gasteiger partial charge in [-0.05, 0) is 37.8 Å². The lowest BCUT2D eigenvalue weighted by atomic mass is 9.92. The Morgan fingerprint density at radius 2 is 1.77 bits per heavy atom. The zero-order valence-electron chi connectivity index (χ0n) is 11.5. The van der Waals surface area contributed by atoms with Crippen LogP contribution in [0.4, 0.5) is 13.2 Å². The van der Waals surface area contributed by atoms with Gasteiger partial charge in [0.15, 0.2) is 15.6 Å². The maximum atomic E-state index is 12.7. The predicted octanol–water partition coefficient (Wildman–Crippen LogP) is 2.64. The van der Waals surface area contributed by atoms with Gasteiger partial charge in [0, 0.05) is 12.1 Å². The fraction of sp³-hybridized carbons (Fsp3) is 0.571. The molecule has 1 aromatic heterocycles. The SMILES string of the molecule is O=C(c1cc(C(F)(F)F)ccn1)C1CC2CCC(C1)S2(=O)=O. The fourth-order valence-electron chi connectivity index (χ4n) is 3.37. The van der Waals surface area contributed by atoms with E-state index < -0.39 is 43.8 Å². The third-order valence-electron chi connectivity index (χ3n) is 4.55. The number of Topliss-reactive ketones (excluding diaryl/α,β-unsaturated/α-hetero) is 1. The molecule has 0 aliphatic carbocycles. The van der Waals surface area contributed by atoms with Gasteiger partial charge in [-0.15, -0.1) is 0 Å². The van der Waals surface area contributed by atoms with E-state index in [0.29, 0.717) is 12.8 Å². The van der Waals surface area contributed by atoms with Crippen molar-refractivity contribution in [1.82, 2.24) is 4.98 Å². The molecule has 3 rings (SSSR count). The number of aromatic nitrogens is 1. The molecule has 0 N–H and O–H groups in total. The smallest absolute Gasteiger partial charge is 0.292 e. The molecule has 2 atom stereocenters. The highest BCUT2D eigenvalue weighted by atomic mass is 32.2. The standard InChI is InChI=1S/C14H14F3NO3S/c15-14(16,17)9-3-4-18-12(7-9)13(19)8-5-10-1-2-11(6-8)22(10,20)21/h3-4,7-8,10-11H,1-2,5-6H2.